The number of rotatable bonds is 6. The molecule has 2 rings (SSSR count). The van der Waals surface area contributed by atoms with Crippen molar-refractivity contribution in [1.82, 2.24) is 10.2 Å². The van der Waals surface area contributed by atoms with Crippen molar-refractivity contribution in [3.05, 3.63) is 29.8 Å². The monoisotopic (exact) mass is 276 g/mol. The molecular formula is C17H28N2O. The van der Waals surface area contributed by atoms with Crippen LogP contribution in [-0.2, 0) is 0 Å². The molecule has 0 aromatic heterocycles. The maximum atomic E-state index is 5.25. The predicted molar refractivity (Wildman–Crippen MR) is 84.3 cm³/mol. The summed E-state index contributed by atoms with van der Waals surface area (Å²) in [5, 5.41) is 3.54. The van der Waals surface area contributed by atoms with Gasteiger partial charge in [-0.3, -0.25) is 4.90 Å². The van der Waals surface area contributed by atoms with Crippen LogP contribution in [0.25, 0.3) is 0 Å². The highest BCUT2D eigenvalue weighted by Gasteiger charge is 2.25. The van der Waals surface area contributed by atoms with E-state index in [1.54, 1.807) is 7.11 Å². The molecule has 112 valence electrons. The fourth-order valence-electron chi connectivity index (χ4n) is 3.14. The van der Waals surface area contributed by atoms with Crippen LogP contribution in [-0.4, -0.2) is 37.7 Å². The van der Waals surface area contributed by atoms with E-state index >= 15 is 0 Å². The molecule has 1 saturated heterocycles. The van der Waals surface area contributed by atoms with Crippen molar-refractivity contribution < 1.29 is 4.74 Å². The molecule has 1 aromatic carbocycles. The lowest BCUT2D eigenvalue weighted by atomic mass is 10.00. The van der Waals surface area contributed by atoms with Gasteiger partial charge in [0.2, 0.25) is 0 Å². The minimum atomic E-state index is 0.464. The average Bonchev–Trinajstić information content (AvgIpc) is 2.53. The van der Waals surface area contributed by atoms with Gasteiger partial charge in [0, 0.05) is 18.6 Å². The minimum absolute atomic E-state index is 0.464. The Balaban J connectivity index is 2.09. The van der Waals surface area contributed by atoms with E-state index in [1.165, 1.54) is 37.9 Å². The Kier molecular flexibility index (Phi) is 5.86. The zero-order valence-corrected chi connectivity index (χ0v) is 13.1. The molecule has 1 aliphatic rings. The summed E-state index contributed by atoms with van der Waals surface area (Å²) in [6.07, 6.45) is 3.81. The molecule has 3 nitrogen and oxygen atoms in total. The first-order chi connectivity index (χ1) is 9.76. The molecule has 1 fully saturated rings. The molecule has 1 heterocycles. The molecule has 0 saturated carbocycles. The van der Waals surface area contributed by atoms with Crippen LogP contribution in [0.15, 0.2) is 24.3 Å². The number of hydrogen-bond donors (Lipinski definition) is 1. The standard InChI is InChI=1S/C17H28N2O/c1-4-12-19(16-6-5-11-18-13-16)14(2)15-7-9-17(20-3)10-8-15/h7-10,14,16,18H,4-6,11-13H2,1-3H3. The van der Waals surface area contributed by atoms with Crippen LogP contribution in [0.5, 0.6) is 5.75 Å². The third kappa shape index (κ3) is 3.74. The molecular weight excluding hydrogens is 248 g/mol. The number of ether oxygens (including phenoxy) is 1. The van der Waals surface area contributed by atoms with Crippen molar-refractivity contribution in [2.24, 2.45) is 0 Å². The summed E-state index contributed by atoms with van der Waals surface area (Å²) in [6, 6.07) is 9.65. The molecule has 20 heavy (non-hydrogen) atoms. The highest BCUT2D eigenvalue weighted by Crippen LogP contribution is 2.26. The molecule has 0 amide bonds. The number of nitrogens with one attached hydrogen (secondary N) is 1. The van der Waals surface area contributed by atoms with Gasteiger partial charge in [-0.25, -0.2) is 0 Å². The summed E-state index contributed by atoms with van der Waals surface area (Å²) in [5.41, 5.74) is 1.38. The second-order valence-electron chi connectivity index (χ2n) is 5.69. The molecule has 0 spiro atoms. The van der Waals surface area contributed by atoms with E-state index in [9.17, 15) is 0 Å². The molecule has 1 N–H and O–H groups in total. The van der Waals surface area contributed by atoms with Crippen LogP contribution >= 0.6 is 0 Å². The van der Waals surface area contributed by atoms with Crippen LogP contribution in [0.3, 0.4) is 0 Å². The second kappa shape index (κ2) is 7.65. The summed E-state index contributed by atoms with van der Waals surface area (Å²) in [7, 11) is 1.72. The first-order valence-corrected chi connectivity index (χ1v) is 7.86. The maximum Gasteiger partial charge on any atom is 0.118 e. The predicted octanol–water partition coefficient (Wildman–Crippen LogP) is 3.22. The van der Waals surface area contributed by atoms with Crippen molar-refractivity contribution in [2.45, 2.75) is 45.2 Å². The third-order valence-electron chi connectivity index (χ3n) is 4.32. The van der Waals surface area contributed by atoms with Gasteiger partial charge in [-0.1, -0.05) is 19.1 Å². The first-order valence-electron chi connectivity index (χ1n) is 7.86. The lowest BCUT2D eigenvalue weighted by molar-refractivity contribution is 0.120. The summed E-state index contributed by atoms with van der Waals surface area (Å²) >= 11 is 0. The highest BCUT2D eigenvalue weighted by atomic mass is 16.5. The number of nitrogens with zero attached hydrogens (tertiary/aromatic N) is 1. The van der Waals surface area contributed by atoms with Crippen LogP contribution < -0.4 is 10.1 Å². The lowest BCUT2D eigenvalue weighted by Crippen LogP contribution is -2.47. The van der Waals surface area contributed by atoms with Gasteiger partial charge in [-0.2, -0.15) is 0 Å². The number of piperidine rings is 1. The van der Waals surface area contributed by atoms with Crippen LogP contribution in [0.4, 0.5) is 0 Å². The van der Waals surface area contributed by atoms with E-state index in [1.807, 2.05) is 0 Å². The van der Waals surface area contributed by atoms with E-state index in [2.05, 4.69) is 48.3 Å². The van der Waals surface area contributed by atoms with E-state index in [0.717, 1.165) is 12.3 Å². The maximum absolute atomic E-state index is 5.25. The average molecular weight is 276 g/mol. The molecule has 2 atom stereocenters. The molecule has 2 unspecified atom stereocenters. The van der Waals surface area contributed by atoms with Gasteiger partial charge < -0.3 is 10.1 Å². The van der Waals surface area contributed by atoms with Crippen molar-refractivity contribution >= 4 is 0 Å². The van der Waals surface area contributed by atoms with E-state index < -0.39 is 0 Å². The topological polar surface area (TPSA) is 24.5 Å². The van der Waals surface area contributed by atoms with Crippen molar-refractivity contribution in [2.75, 3.05) is 26.7 Å². The molecule has 0 bridgehead atoms. The Bertz CT molecular complexity index is 384. The largest absolute Gasteiger partial charge is 0.497 e. The van der Waals surface area contributed by atoms with E-state index in [-0.39, 0.29) is 0 Å². The summed E-state index contributed by atoms with van der Waals surface area (Å²) < 4.78 is 5.25. The van der Waals surface area contributed by atoms with Crippen LogP contribution in [0.1, 0.15) is 44.7 Å². The summed E-state index contributed by atoms with van der Waals surface area (Å²) in [4.78, 5) is 2.66. The fourth-order valence-corrected chi connectivity index (χ4v) is 3.14. The van der Waals surface area contributed by atoms with Gasteiger partial charge in [-0.15, -0.1) is 0 Å². The molecule has 1 aliphatic heterocycles. The quantitative estimate of drug-likeness (QED) is 0.863. The summed E-state index contributed by atoms with van der Waals surface area (Å²) in [6.45, 7) is 8.06. The second-order valence-corrected chi connectivity index (χ2v) is 5.69. The van der Waals surface area contributed by atoms with E-state index in [4.69, 9.17) is 4.74 Å². The SMILES string of the molecule is CCCN(C1CCCNC1)C(C)c1ccc(OC)cc1. The smallest absolute Gasteiger partial charge is 0.118 e. The van der Waals surface area contributed by atoms with Crippen molar-refractivity contribution in [1.29, 1.82) is 0 Å². The van der Waals surface area contributed by atoms with Gasteiger partial charge in [0.15, 0.2) is 0 Å². The molecule has 3 heteroatoms. The van der Waals surface area contributed by atoms with Gasteiger partial charge in [-0.05, 0) is 57.0 Å². The Morgan fingerprint density at radius 1 is 1.35 bits per heavy atom. The van der Waals surface area contributed by atoms with Gasteiger partial charge in [0.1, 0.15) is 5.75 Å². The zero-order valence-electron chi connectivity index (χ0n) is 13.1. The van der Waals surface area contributed by atoms with Crippen LogP contribution in [0.2, 0.25) is 0 Å². The Morgan fingerprint density at radius 2 is 2.10 bits per heavy atom. The Morgan fingerprint density at radius 3 is 2.65 bits per heavy atom. The lowest BCUT2D eigenvalue weighted by Gasteiger charge is -2.39. The number of hydrogen-bond acceptors (Lipinski definition) is 3. The van der Waals surface area contributed by atoms with Crippen LogP contribution in [0, 0.1) is 0 Å². The Labute approximate surface area is 123 Å². The first kappa shape index (κ1) is 15.3. The molecule has 0 radical (unpaired) electrons. The highest BCUT2D eigenvalue weighted by molar-refractivity contribution is 5.29. The molecule has 0 aliphatic carbocycles. The van der Waals surface area contributed by atoms with E-state index in [0.29, 0.717) is 12.1 Å². The zero-order chi connectivity index (χ0) is 14.4. The van der Waals surface area contributed by atoms with Gasteiger partial charge >= 0.3 is 0 Å². The summed E-state index contributed by atoms with van der Waals surface area (Å²) in [5.74, 6) is 0.933. The number of methoxy groups -OCH3 is 1. The van der Waals surface area contributed by atoms with Crippen molar-refractivity contribution in [3.8, 4) is 5.75 Å². The molecule has 1 aromatic rings. The third-order valence-corrected chi connectivity index (χ3v) is 4.32. The Hall–Kier alpha value is -1.06. The fraction of sp³-hybridized carbons (Fsp3) is 0.647. The van der Waals surface area contributed by atoms with Gasteiger partial charge in [0.05, 0.1) is 7.11 Å². The van der Waals surface area contributed by atoms with Gasteiger partial charge in [0.25, 0.3) is 0 Å². The normalized spacial score (nSPS) is 20.9. The number of benzene rings is 1. The van der Waals surface area contributed by atoms with Crippen molar-refractivity contribution in [3.63, 3.8) is 0 Å². The minimum Gasteiger partial charge on any atom is -0.497 e.